The highest BCUT2D eigenvalue weighted by atomic mass is 16.5. The quantitative estimate of drug-likeness (QED) is 0.460. The van der Waals surface area contributed by atoms with E-state index in [1.807, 2.05) is 60.7 Å². The Labute approximate surface area is 163 Å². The van der Waals surface area contributed by atoms with Gasteiger partial charge in [0.15, 0.2) is 0 Å². The molecule has 0 aliphatic rings. The predicted molar refractivity (Wildman–Crippen MR) is 107 cm³/mol. The van der Waals surface area contributed by atoms with E-state index in [1.54, 1.807) is 7.11 Å². The van der Waals surface area contributed by atoms with Crippen LogP contribution in [0.5, 0.6) is 11.5 Å². The second-order valence-corrected chi connectivity index (χ2v) is 6.36. The van der Waals surface area contributed by atoms with E-state index in [0.717, 1.165) is 16.9 Å². The molecule has 0 aliphatic carbocycles. The molecule has 140 valence electrons. The number of rotatable bonds is 6. The van der Waals surface area contributed by atoms with Crippen molar-refractivity contribution in [3.05, 3.63) is 83.9 Å². The van der Waals surface area contributed by atoms with Gasteiger partial charge in [-0.3, -0.25) is 0 Å². The molecule has 0 saturated heterocycles. The van der Waals surface area contributed by atoms with Crippen molar-refractivity contribution >= 4 is 0 Å². The molecule has 0 saturated carbocycles. The summed E-state index contributed by atoms with van der Waals surface area (Å²) in [5, 5.41) is 4.09. The Morgan fingerprint density at radius 3 is 2.43 bits per heavy atom. The first-order valence-electron chi connectivity index (χ1n) is 8.99. The van der Waals surface area contributed by atoms with E-state index in [-0.39, 0.29) is 0 Å². The molecule has 0 radical (unpaired) electrons. The smallest absolute Gasteiger partial charge is 0.262 e. The van der Waals surface area contributed by atoms with Crippen molar-refractivity contribution in [1.29, 1.82) is 0 Å². The maximum absolute atomic E-state index is 5.89. The topological polar surface area (TPSA) is 57.4 Å². The van der Waals surface area contributed by atoms with Gasteiger partial charge in [0.1, 0.15) is 18.1 Å². The molecular formula is C23H20N2O3. The van der Waals surface area contributed by atoms with Crippen molar-refractivity contribution in [2.24, 2.45) is 0 Å². The van der Waals surface area contributed by atoms with Crippen molar-refractivity contribution < 1.29 is 14.0 Å². The SMILES string of the molecule is COc1ccccc1-c1nc(-c2ccc(OCc3ccccc3C)cc2)no1. The molecule has 0 unspecified atom stereocenters. The fourth-order valence-electron chi connectivity index (χ4n) is 2.90. The summed E-state index contributed by atoms with van der Waals surface area (Å²) >= 11 is 0. The number of nitrogens with zero attached hydrogens (tertiary/aromatic N) is 2. The molecule has 3 aromatic carbocycles. The lowest BCUT2D eigenvalue weighted by molar-refractivity contribution is 0.305. The molecule has 0 spiro atoms. The molecule has 1 heterocycles. The van der Waals surface area contributed by atoms with E-state index >= 15 is 0 Å². The Hall–Kier alpha value is -3.60. The number of aromatic nitrogens is 2. The van der Waals surface area contributed by atoms with E-state index in [4.69, 9.17) is 14.0 Å². The lowest BCUT2D eigenvalue weighted by atomic mass is 10.1. The van der Waals surface area contributed by atoms with Gasteiger partial charge in [0.05, 0.1) is 12.7 Å². The Balaban J connectivity index is 1.49. The molecule has 0 amide bonds. The fraction of sp³-hybridized carbons (Fsp3) is 0.130. The summed E-state index contributed by atoms with van der Waals surface area (Å²) in [6.07, 6.45) is 0. The van der Waals surface area contributed by atoms with Gasteiger partial charge >= 0.3 is 0 Å². The number of aryl methyl sites for hydroxylation is 1. The summed E-state index contributed by atoms with van der Waals surface area (Å²) in [7, 11) is 1.62. The van der Waals surface area contributed by atoms with Crippen LogP contribution in [0.2, 0.25) is 0 Å². The summed E-state index contributed by atoms with van der Waals surface area (Å²) < 4.78 is 16.7. The van der Waals surface area contributed by atoms with Gasteiger partial charge in [0.25, 0.3) is 5.89 Å². The second-order valence-electron chi connectivity index (χ2n) is 6.36. The maximum atomic E-state index is 5.89. The van der Waals surface area contributed by atoms with Crippen LogP contribution >= 0.6 is 0 Å². The summed E-state index contributed by atoms with van der Waals surface area (Å²) in [5.41, 5.74) is 4.01. The van der Waals surface area contributed by atoms with Crippen LogP contribution in [0.25, 0.3) is 22.8 Å². The molecule has 0 atom stereocenters. The van der Waals surface area contributed by atoms with E-state index in [1.165, 1.54) is 11.1 Å². The highest BCUT2D eigenvalue weighted by Gasteiger charge is 2.14. The summed E-state index contributed by atoms with van der Waals surface area (Å²) in [6.45, 7) is 2.61. The van der Waals surface area contributed by atoms with Gasteiger partial charge in [-0.1, -0.05) is 41.6 Å². The van der Waals surface area contributed by atoms with Crippen LogP contribution in [0.3, 0.4) is 0 Å². The Bertz CT molecular complexity index is 1070. The molecule has 4 rings (SSSR count). The molecule has 0 fully saturated rings. The zero-order chi connectivity index (χ0) is 19.3. The van der Waals surface area contributed by atoms with Crippen LogP contribution in [0.1, 0.15) is 11.1 Å². The Morgan fingerprint density at radius 1 is 0.893 bits per heavy atom. The van der Waals surface area contributed by atoms with Gasteiger partial charge in [0, 0.05) is 5.56 Å². The second kappa shape index (κ2) is 7.96. The van der Waals surface area contributed by atoms with Crippen LogP contribution in [-0.2, 0) is 6.61 Å². The monoisotopic (exact) mass is 372 g/mol. The van der Waals surface area contributed by atoms with Crippen LogP contribution in [-0.4, -0.2) is 17.3 Å². The number of hydrogen-bond acceptors (Lipinski definition) is 5. The number of methoxy groups -OCH3 is 1. The van der Waals surface area contributed by atoms with Gasteiger partial charge in [-0.15, -0.1) is 0 Å². The number of benzene rings is 3. The third kappa shape index (κ3) is 3.74. The molecular weight excluding hydrogens is 352 g/mol. The van der Waals surface area contributed by atoms with Crippen molar-refractivity contribution in [3.8, 4) is 34.3 Å². The summed E-state index contributed by atoms with van der Waals surface area (Å²) in [5.74, 6) is 2.43. The Kier molecular flexibility index (Phi) is 5.06. The van der Waals surface area contributed by atoms with E-state index in [2.05, 4.69) is 29.2 Å². The highest BCUT2D eigenvalue weighted by molar-refractivity contribution is 5.65. The number of ether oxygens (including phenoxy) is 2. The molecule has 28 heavy (non-hydrogen) atoms. The predicted octanol–water partition coefficient (Wildman–Crippen LogP) is 5.30. The van der Waals surface area contributed by atoms with Gasteiger partial charge in [-0.05, 0) is 54.4 Å². The van der Waals surface area contributed by atoms with Crippen LogP contribution < -0.4 is 9.47 Å². The van der Waals surface area contributed by atoms with Crippen LogP contribution in [0.4, 0.5) is 0 Å². The molecule has 4 aromatic rings. The first kappa shape index (κ1) is 17.8. The summed E-state index contributed by atoms with van der Waals surface area (Å²) in [4.78, 5) is 4.50. The fourth-order valence-corrected chi connectivity index (χ4v) is 2.90. The standard InChI is InChI=1S/C23H20N2O3/c1-16-7-3-4-8-18(16)15-27-19-13-11-17(12-14-19)22-24-23(28-25-22)20-9-5-6-10-21(20)26-2/h3-14H,15H2,1-2H3. The third-order valence-electron chi connectivity index (χ3n) is 4.53. The number of hydrogen-bond donors (Lipinski definition) is 0. The van der Waals surface area contributed by atoms with E-state index in [0.29, 0.717) is 24.1 Å². The molecule has 0 aliphatic heterocycles. The zero-order valence-electron chi connectivity index (χ0n) is 15.8. The first-order chi connectivity index (χ1) is 13.7. The van der Waals surface area contributed by atoms with Gasteiger partial charge in [0.2, 0.25) is 5.82 Å². The molecule has 5 nitrogen and oxygen atoms in total. The van der Waals surface area contributed by atoms with Crippen molar-refractivity contribution in [1.82, 2.24) is 10.1 Å². The molecule has 0 bridgehead atoms. The normalized spacial score (nSPS) is 10.6. The van der Waals surface area contributed by atoms with Crippen molar-refractivity contribution in [3.63, 3.8) is 0 Å². The van der Waals surface area contributed by atoms with Gasteiger partial charge < -0.3 is 14.0 Å². The lowest BCUT2D eigenvalue weighted by Gasteiger charge is -2.08. The van der Waals surface area contributed by atoms with Crippen LogP contribution in [0.15, 0.2) is 77.3 Å². The average Bonchev–Trinajstić information content (AvgIpc) is 3.23. The minimum Gasteiger partial charge on any atom is -0.496 e. The molecule has 5 heteroatoms. The zero-order valence-corrected chi connectivity index (χ0v) is 15.8. The molecule has 1 aromatic heterocycles. The average molecular weight is 372 g/mol. The van der Waals surface area contributed by atoms with Crippen molar-refractivity contribution in [2.45, 2.75) is 13.5 Å². The first-order valence-corrected chi connectivity index (χ1v) is 8.99. The Morgan fingerprint density at radius 2 is 1.64 bits per heavy atom. The lowest BCUT2D eigenvalue weighted by Crippen LogP contribution is -1.97. The van der Waals surface area contributed by atoms with E-state index in [9.17, 15) is 0 Å². The number of para-hydroxylation sites is 1. The maximum Gasteiger partial charge on any atom is 0.262 e. The summed E-state index contributed by atoms with van der Waals surface area (Å²) in [6, 6.07) is 23.4. The minimum absolute atomic E-state index is 0.423. The van der Waals surface area contributed by atoms with Gasteiger partial charge in [-0.25, -0.2) is 0 Å². The third-order valence-corrected chi connectivity index (χ3v) is 4.53. The largest absolute Gasteiger partial charge is 0.496 e. The van der Waals surface area contributed by atoms with Crippen LogP contribution in [0, 0.1) is 6.92 Å². The van der Waals surface area contributed by atoms with E-state index < -0.39 is 0 Å². The highest BCUT2D eigenvalue weighted by Crippen LogP contribution is 2.30. The minimum atomic E-state index is 0.423. The molecule has 0 N–H and O–H groups in total. The van der Waals surface area contributed by atoms with Gasteiger partial charge in [-0.2, -0.15) is 4.98 Å². The van der Waals surface area contributed by atoms with Crippen molar-refractivity contribution in [2.75, 3.05) is 7.11 Å².